The highest BCUT2D eigenvalue weighted by Gasteiger charge is 2.56. The van der Waals surface area contributed by atoms with E-state index in [2.05, 4.69) is 10.3 Å². The van der Waals surface area contributed by atoms with E-state index in [1.807, 2.05) is 11.1 Å². The molecule has 1 N–H and O–H groups in total. The van der Waals surface area contributed by atoms with Crippen molar-refractivity contribution in [3.8, 4) is 6.19 Å². The van der Waals surface area contributed by atoms with Crippen LogP contribution in [0.4, 0.5) is 5.13 Å². The lowest BCUT2D eigenvalue weighted by Crippen LogP contribution is -2.51. The standard InChI is InChI=1S/C17H21ClN4OS/c18-14-13(11-4-2-1-3-5-11)24-16(21-14)22-7-6-17(15(22)23)8-12(9-17)20-10-19/h11-12,20H,1-9H2/t12-,17+. The maximum absolute atomic E-state index is 12.9. The Morgan fingerprint density at radius 2 is 2.08 bits per heavy atom. The van der Waals surface area contributed by atoms with Crippen molar-refractivity contribution < 1.29 is 4.79 Å². The van der Waals surface area contributed by atoms with E-state index in [-0.39, 0.29) is 17.4 Å². The Morgan fingerprint density at radius 1 is 1.33 bits per heavy atom. The number of nitriles is 1. The van der Waals surface area contributed by atoms with E-state index < -0.39 is 0 Å². The highest BCUT2D eigenvalue weighted by Crippen LogP contribution is 2.51. The fraction of sp³-hybridized carbons (Fsp3) is 0.706. The van der Waals surface area contributed by atoms with E-state index in [1.54, 1.807) is 11.3 Å². The third-order valence-corrected chi connectivity index (χ3v) is 7.50. The summed E-state index contributed by atoms with van der Waals surface area (Å²) in [5.41, 5.74) is -0.280. The van der Waals surface area contributed by atoms with Gasteiger partial charge in [0.2, 0.25) is 5.91 Å². The van der Waals surface area contributed by atoms with Crippen molar-refractivity contribution in [2.75, 3.05) is 11.4 Å². The molecule has 24 heavy (non-hydrogen) atoms. The Kier molecular flexibility index (Phi) is 4.17. The maximum atomic E-state index is 12.9. The number of halogens is 1. The topological polar surface area (TPSA) is 69.0 Å². The van der Waals surface area contributed by atoms with Crippen LogP contribution < -0.4 is 10.2 Å². The number of amides is 1. The fourth-order valence-electron chi connectivity index (χ4n) is 4.49. The maximum Gasteiger partial charge on any atom is 0.235 e. The number of rotatable bonds is 3. The van der Waals surface area contributed by atoms with E-state index in [9.17, 15) is 4.79 Å². The minimum Gasteiger partial charge on any atom is -0.321 e. The molecule has 5 nitrogen and oxygen atoms in total. The van der Waals surface area contributed by atoms with Crippen LogP contribution >= 0.6 is 22.9 Å². The Morgan fingerprint density at radius 3 is 2.79 bits per heavy atom. The lowest BCUT2D eigenvalue weighted by Gasteiger charge is -2.42. The molecule has 2 saturated carbocycles. The predicted octanol–water partition coefficient (Wildman–Crippen LogP) is 3.80. The minimum absolute atomic E-state index is 0.150. The molecule has 1 saturated heterocycles. The second-order valence-electron chi connectivity index (χ2n) is 7.33. The van der Waals surface area contributed by atoms with Crippen LogP contribution in [-0.4, -0.2) is 23.5 Å². The first-order chi connectivity index (χ1) is 11.6. The lowest BCUT2D eigenvalue weighted by molar-refractivity contribution is -0.130. The number of hydrogen-bond acceptors (Lipinski definition) is 5. The van der Waals surface area contributed by atoms with Gasteiger partial charge in [0.25, 0.3) is 0 Å². The first kappa shape index (κ1) is 16.2. The molecule has 3 aliphatic rings. The number of aromatic nitrogens is 1. The van der Waals surface area contributed by atoms with Crippen molar-refractivity contribution in [3.05, 3.63) is 10.0 Å². The Bertz CT molecular complexity index is 685. The molecule has 2 aliphatic carbocycles. The van der Waals surface area contributed by atoms with E-state index in [0.29, 0.717) is 17.6 Å². The molecule has 3 fully saturated rings. The van der Waals surface area contributed by atoms with Crippen LogP contribution in [0.15, 0.2) is 0 Å². The molecule has 0 radical (unpaired) electrons. The summed E-state index contributed by atoms with van der Waals surface area (Å²) in [6, 6.07) is 0.150. The average Bonchev–Trinajstić information content (AvgIpc) is 3.09. The molecule has 1 aromatic heterocycles. The largest absolute Gasteiger partial charge is 0.321 e. The van der Waals surface area contributed by atoms with E-state index in [4.69, 9.17) is 16.9 Å². The van der Waals surface area contributed by atoms with Gasteiger partial charge in [0, 0.05) is 17.5 Å². The Labute approximate surface area is 151 Å². The van der Waals surface area contributed by atoms with Crippen LogP contribution in [0.5, 0.6) is 0 Å². The SMILES string of the molecule is N#CN[C@H]1C[C@]2(CCN(c3nc(Cl)c(C4CCCCC4)s3)C2=O)C1. The Balaban J connectivity index is 1.49. The smallest absolute Gasteiger partial charge is 0.235 e. The van der Waals surface area contributed by atoms with Crippen molar-refractivity contribution in [2.24, 2.45) is 5.41 Å². The van der Waals surface area contributed by atoms with Gasteiger partial charge in [0.15, 0.2) is 11.3 Å². The van der Waals surface area contributed by atoms with Crippen molar-refractivity contribution in [1.82, 2.24) is 10.3 Å². The summed E-state index contributed by atoms with van der Waals surface area (Å²) in [6.07, 6.45) is 10.5. The highest BCUT2D eigenvalue weighted by atomic mass is 35.5. The van der Waals surface area contributed by atoms with Gasteiger partial charge in [-0.15, -0.1) is 0 Å². The normalized spacial score (nSPS) is 30.4. The number of thiazole rings is 1. The van der Waals surface area contributed by atoms with Crippen LogP contribution in [0.25, 0.3) is 0 Å². The van der Waals surface area contributed by atoms with E-state index in [0.717, 1.165) is 29.3 Å². The second kappa shape index (κ2) is 6.20. The molecule has 1 aromatic rings. The Hall–Kier alpha value is -1.32. The molecule has 0 atom stereocenters. The number of carbonyl (C=O) groups is 1. The third-order valence-electron chi connectivity index (χ3n) is 5.86. The molecule has 7 heteroatoms. The molecule has 1 spiro atoms. The summed E-state index contributed by atoms with van der Waals surface area (Å²) < 4.78 is 0. The molecular formula is C17H21ClN4OS. The zero-order chi connectivity index (χ0) is 16.7. The summed E-state index contributed by atoms with van der Waals surface area (Å²) in [7, 11) is 0. The number of nitrogens with zero attached hydrogens (tertiary/aromatic N) is 3. The molecule has 2 heterocycles. The summed E-state index contributed by atoms with van der Waals surface area (Å²) in [5.74, 6) is 0.677. The molecule has 4 rings (SSSR count). The van der Waals surface area contributed by atoms with E-state index >= 15 is 0 Å². The highest BCUT2D eigenvalue weighted by molar-refractivity contribution is 7.16. The number of carbonyl (C=O) groups excluding carboxylic acids is 1. The van der Waals surface area contributed by atoms with Gasteiger partial charge in [-0.3, -0.25) is 9.69 Å². The van der Waals surface area contributed by atoms with Crippen molar-refractivity contribution in [3.63, 3.8) is 0 Å². The molecular weight excluding hydrogens is 344 g/mol. The predicted molar refractivity (Wildman–Crippen MR) is 94.1 cm³/mol. The van der Waals surface area contributed by atoms with E-state index in [1.165, 1.54) is 32.1 Å². The van der Waals surface area contributed by atoms with Gasteiger partial charge in [-0.2, -0.15) is 5.26 Å². The van der Waals surface area contributed by atoms with Gasteiger partial charge >= 0.3 is 0 Å². The van der Waals surface area contributed by atoms with Crippen LogP contribution in [-0.2, 0) is 4.79 Å². The monoisotopic (exact) mass is 364 g/mol. The van der Waals surface area contributed by atoms with Gasteiger partial charge in [-0.1, -0.05) is 42.2 Å². The molecule has 0 bridgehead atoms. The summed E-state index contributed by atoms with van der Waals surface area (Å²) in [6.45, 7) is 0.714. The number of hydrogen-bond donors (Lipinski definition) is 1. The third kappa shape index (κ3) is 2.58. The first-order valence-electron chi connectivity index (χ1n) is 8.76. The molecule has 128 valence electrons. The van der Waals surface area contributed by atoms with Crippen LogP contribution in [0.1, 0.15) is 62.2 Å². The van der Waals surface area contributed by atoms with Crippen LogP contribution in [0.2, 0.25) is 5.15 Å². The van der Waals surface area contributed by atoms with Gasteiger partial charge < -0.3 is 5.32 Å². The van der Waals surface area contributed by atoms with Gasteiger partial charge in [0.1, 0.15) is 5.15 Å². The van der Waals surface area contributed by atoms with Crippen molar-refractivity contribution in [2.45, 2.75) is 63.3 Å². The minimum atomic E-state index is -0.280. The van der Waals surface area contributed by atoms with Crippen LogP contribution in [0.3, 0.4) is 0 Å². The quantitative estimate of drug-likeness (QED) is 0.654. The fourth-order valence-corrected chi connectivity index (χ4v) is 6.04. The molecule has 1 aliphatic heterocycles. The van der Waals surface area contributed by atoms with Gasteiger partial charge in [-0.25, -0.2) is 4.98 Å². The summed E-state index contributed by atoms with van der Waals surface area (Å²) in [4.78, 5) is 20.4. The zero-order valence-electron chi connectivity index (χ0n) is 13.6. The molecule has 1 amide bonds. The van der Waals surface area contributed by atoms with Gasteiger partial charge in [-0.05, 0) is 38.0 Å². The average molecular weight is 365 g/mol. The molecule has 0 unspecified atom stereocenters. The van der Waals surface area contributed by atoms with Crippen molar-refractivity contribution >= 4 is 34.0 Å². The summed E-state index contributed by atoms with van der Waals surface area (Å²) in [5, 5.41) is 12.8. The lowest BCUT2D eigenvalue weighted by atomic mass is 9.64. The second-order valence-corrected chi connectivity index (χ2v) is 8.70. The van der Waals surface area contributed by atoms with Crippen molar-refractivity contribution in [1.29, 1.82) is 5.26 Å². The number of nitrogens with one attached hydrogen (secondary N) is 1. The van der Waals surface area contributed by atoms with Crippen LogP contribution in [0, 0.1) is 16.9 Å². The number of anilines is 1. The van der Waals surface area contributed by atoms with Gasteiger partial charge in [0.05, 0.1) is 5.41 Å². The first-order valence-corrected chi connectivity index (χ1v) is 9.95. The molecule has 0 aromatic carbocycles. The zero-order valence-corrected chi connectivity index (χ0v) is 15.1. The summed E-state index contributed by atoms with van der Waals surface area (Å²) >= 11 is 8.01.